The van der Waals surface area contributed by atoms with Gasteiger partial charge in [-0.25, -0.2) is 0 Å². The van der Waals surface area contributed by atoms with E-state index >= 15 is 0 Å². The zero-order chi connectivity index (χ0) is 10.6. The molecule has 1 aliphatic rings. The maximum atomic E-state index is 10.7. The van der Waals surface area contributed by atoms with Crippen LogP contribution in [0.4, 0.5) is 0 Å². The van der Waals surface area contributed by atoms with Crippen molar-refractivity contribution in [3.8, 4) is 0 Å². The predicted molar refractivity (Wildman–Crippen MR) is 54.3 cm³/mol. The van der Waals surface area contributed by atoms with Crippen LogP contribution < -0.4 is 0 Å². The second kappa shape index (κ2) is 5.47. The Hall–Kier alpha value is -0.410. The molecular weight excluding hydrogens is 180 g/mol. The van der Waals surface area contributed by atoms with Gasteiger partial charge >= 0.3 is 0 Å². The van der Waals surface area contributed by atoms with Crippen LogP contribution in [-0.2, 0) is 14.3 Å². The van der Waals surface area contributed by atoms with Crippen LogP contribution >= 0.6 is 0 Å². The number of hydrogen-bond acceptors (Lipinski definition) is 3. The number of ketones is 1. The lowest BCUT2D eigenvalue weighted by Crippen LogP contribution is -2.34. The lowest BCUT2D eigenvalue weighted by atomic mass is 10.0. The minimum atomic E-state index is 0.193. The monoisotopic (exact) mass is 200 g/mol. The van der Waals surface area contributed by atoms with Gasteiger partial charge in [0, 0.05) is 6.42 Å². The SMILES string of the molecule is CC(=O)CCOC1CC(C)OC(C)C1. The van der Waals surface area contributed by atoms with Crippen LogP contribution in [-0.4, -0.2) is 30.7 Å². The molecule has 14 heavy (non-hydrogen) atoms. The Morgan fingerprint density at radius 3 is 2.43 bits per heavy atom. The summed E-state index contributed by atoms with van der Waals surface area (Å²) in [5, 5.41) is 0. The molecule has 3 nitrogen and oxygen atoms in total. The molecule has 0 bridgehead atoms. The van der Waals surface area contributed by atoms with Crippen molar-refractivity contribution in [2.24, 2.45) is 0 Å². The predicted octanol–water partition coefficient (Wildman–Crippen LogP) is 1.94. The van der Waals surface area contributed by atoms with Crippen molar-refractivity contribution in [2.75, 3.05) is 6.61 Å². The molecule has 0 amide bonds. The first kappa shape index (κ1) is 11.7. The van der Waals surface area contributed by atoms with Gasteiger partial charge in [0.05, 0.1) is 24.9 Å². The third kappa shape index (κ3) is 4.20. The summed E-state index contributed by atoms with van der Waals surface area (Å²) in [5.74, 6) is 0.193. The third-order valence-electron chi connectivity index (χ3n) is 2.46. The highest BCUT2D eigenvalue weighted by Gasteiger charge is 2.24. The Morgan fingerprint density at radius 2 is 1.93 bits per heavy atom. The molecule has 1 aliphatic heterocycles. The molecule has 1 heterocycles. The molecule has 0 radical (unpaired) electrons. The van der Waals surface area contributed by atoms with Gasteiger partial charge in [-0.05, 0) is 33.6 Å². The van der Waals surface area contributed by atoms with Gasteiger partial charge in [0.25, 0.3) is 0 Å². The molecule has 2 unspecified atom stereocenters. The van der Waals surface area contributed by atoms with Crippen LogP contribution in [0.1, 0.15) is 40.0 Å². The largest absolute Gasteiger partial charge is 0.378 e. The first-order valence-electron chi connectivity index (χ1n) is 5.34. The van der Waals surface area contributed by atoms with Crippen molar-refractivity contribution in [2.45, 2.75) is 58.3 Å². The number of hydrogen-bond donors (Lipinski definition) is 0. The smallest absolute Gasteiger partial charge is 0.132 e. The fourth-order valence-corrected chi connectivity index (χ4v) is 1.85. The molecule has 1 rings (SSSR count). The van der Waals surface area contributed by atoms with Gasteiger partial charge in [0.15, 0.2) is 0 Å². The maximum absolute atomic E-state index is 10.7. The van der Waals surface area contributed by atoms with Crippen molar-refractivity contribution in [1.82, 2.24) is 0 Å². The fraction of sp³-hybridized carbons (Fsp3) is 0.909. The quantitative estimate of drug-likeness (QED) is 0.695. The number of ether oxygens (including phenoxy) is 2. The second-order valence-electron chi connectivity index (χ2n) is 4.17. The summed E-state index contributed by atoms with van der Waals surface area (Å²) in [6.07, 6.45) is 3.25. The second-order valence-corrected chi connectivity index (χ2v) is 4.17. The lowest BCUT2D eigenvalue weighted by Gasteiger charge is -2.31. The van der Waals surface area contributed by atoms with Crippen LogP contribution in [0.3, 0.4) is 0 Å². The molecule has 0 saturated carbocycles. The van der Waals surface area contributed by atoms with Crippen LogP contribution in [0, 0.1) is 0 Å². The summed E-state index contributed by atoms with van der Waals surface area (Å²) in [7, 11) is 0. The number of carbonyl (C=O) groups is 1. The van der Waals surface area contributed by atoms with E-state index < -0.39 is 0 Å². The van der Waals surface area contributed by atoms with Crippen LogP contribution in [0.2, 0.25) is 0 Å². The van der Waals surface area contributed by atoms with E-state index in [4.69, 9.17) is 9.47 Å². The molecule has 0 aliphatic carbocycles. The number of Topliss-reactive ketones (excluding diaryl/α,β-unsaturated/α-hetero) is 1. The summed E-state index contributed by atoms with van der Waals surface area (Å²) in [6, 6.07) is 0. The van der Waals surface area contributed by atoms with Gasteiger partial charge in [-0.3, -0.25) is 4.79 Å². The van der Waals surface area contributed by atoms with Gasteiger partial charge in [-0.15, -0.1) is 0 Å². The molecule has 1 saturated heterocycles. The van der Waals surface area contributed by atoms with Crippen LogP contribution in [0.5, 0.6) is 0 Å². The van der Waals surface area contributed by atoms with E-state index in [-0.39, 0.29) is 24.1 Å². The van der Waals surface area contributed by atoms with Gasteiger partial charge in [-0.1, -0.05) is 0 Å². The highest BCUT2D eigenvalue weighted by Crippen LogP contribution is 2.21. The molecular formula is C11H20O3. The highest BCUT2D eigenvalue weighted by atomic mass is 16.5. The zero-order valence-electron chi connectivity index (χ0n) is 9.29. The summed E-state index contributed by atoms with van der Waals surface area (Å²) in [6.45, 7) is 6.28. The van der Waals surface area contributed by atoms with E-state index in [1.54, 1.807) is 6.92 Å². The summed E-state index contributed by atoms with van der Waals surface area (Å²) in [5.41, 5.74) is 0. The Balaban J connectivity index is 2.20. The molecule has 0 spiro atoms. The zero-order valence-corrected chi connectivity index (χ0v) is 9.29. The molecule has 1 fully saturated rings. The molecule has 82 valence electrons. The van der Waals surface area contributed by atoms with Crippen LogP contribution in [0.25, 0.3) is 0 Å². The van der Waals surface area contributed by atoms with Gasteiger partial charge in [0.2, 0.25) is 0 Å². The Bertz CT molecular complexity index is 181. The Morgan fingerprint density at radius 1 is 1.36 bits per heavy atom. The Kier molecular flexibility index (Phi) is 4.55. The molecule has 0 aromatic rings. The van der Waals surface area contributed by atoms with Gasteiger partial charge in [-0.2, -0.15) is 0 Å². The van der Waals surface area contributed by atoms with Gasteiger partial charge in [0.1, 0.15) is 5.78 Å². The first-order chi connectivity index (χ1) is 6.58. The van der Waals surface area contributed by atoms with E-state index in [1.807, 2.05) is 0 Å². The summed E-state index contributed by atoms with van der Waals surface area (Å²) in [4.78, 5) is 10.7. The van der Waals surface area contributed by atoms with E-state index in [9.17, 15) is 4.79 Å². The normalized spacial score (nSPS) is 32.9. The minimum absolute atomic E-state index is 0.193. The van der Waals surface area contributed by atoms with Gasteiger partial charge < -0.3 is 9.47 Å². The standard InChI is InChI=1S/C11H20O3/c1-8(12)4-5-13-11-6-9(2)14-10(3)7-11/h9-11H,4-7H2,1-3H3. The average Bonchev–Trinajstić information content (AvgIpc) is 2.01. The van der Waals surface area contributed by atoms with Crippen molar-refractivity contribution in [3.05, 3.63) is 0 Å². The van der Waals surface area contributed by atoms with Crippen molar-refractivity contribution < 1.29 is 14.3 Å². The van der Waals surface area contributed by atoms with E-state index in [2.05, 4.69) is 13.8 Å². The number of carbonyl (C=O) groups excluding carboxylic acids is 1. The topological polar surface area (TPSA) is 35.5 Å². The van der Waals surface area contributed by atoms with Crippen molar-refractivity contribution in [3.63, 3.8) is 0 Å². The minimum Gasteiger partial charge on any atom is -0.378 e. The van der Waals surface area contributed by atoms with Crippen molar-refractivity contribution >= 4 is 5.78 Å². The van der Waals surface area contributed by atoms with Crippen molar-refractivity contribution in [1.29, 1.82) is 0 Å². The van der Waals surface area contributed by atoms with E-state index in [1.165, 1.54) is 0 Å². The Labute approximate surface area is 85.8 Å². The molecule has 3 heteroatoms. The number of rotatable bonds is 4. The summed E-state index contributed by atoms with van der Waals surface area (Å²) >= 11 is 0. The van der Waals surface area contributed by atoms with Crippen LogP contribution in [0.15, 0.2) is 0 Å². The van der Waals surface area contributed by atoms with E-state index in [0.29, 0.717) is 13.0 Å². The molecule has 0 N–H and O–H groups in total. The third-order valence-corrected chi connectivity index (χ3v) is 2.46. The average molecular weight is 200 g/mol. The first-order valence-corrected chi connectivity index (χ1v) is 5.34. The maximum Gasteiger partial charge on any atom is 0.132 e. The van der Waals surface area contributed by atoms with E-state index in [0.717, 1.165) is 12.8 Å². The molecule has 0 aromatic heterocycles. The molecule has 0 aromatic carbocycles. The summed E-state index contributed by atoms with van der Waals surface area (Å²) < 4.78 is 11.2. The fourth-order valence-electron chi connectivity index (χ4n) is 1.85. The lowest BCUT2D eigenvalue weighted by molar-refractivity contribution is -0.121. The highest BCUT2D eigenvalue weighted by molar-refractivity contribution is 5.75. The molecule has 2 atom stereocenters.